The van der Waals surface area contributed by atoms with Gasteiger partial charge in [0, 0.05) is 12.0 Å². The van der Waals surface area contributed by atoms with E-state index in [4.69, 9.17) is 14.2 Å². The van der Waals surface area contributed by atoms with Crippen molar-refractivity contribution in [1.82, 2.24) is 0 Å². The normalized spacial score (nSPS) is 35.1. The van der Waals surface area contributed by atoms with Gasteiger partial charge in [-0.25, -0.2) is 4.79 Å². The van der Waals surface area contributed by atoms with Crippen molar-refractivity contribution in [3.05, 3.63) is 35.9 Å². The molecular weight excluding hydrogens is 348 g/mol. The van der Waals surface area contributed by atoms with Gasteiger partial charge in [0.15, 0.2) is 23.4 Å². The Morgan fingerprint density at radius 3 is 3.07 bits per heavy atom. The van der Waals surface area contributed by atoms with E-state index in [9.17, 15) is 14.7 Å². The van der Waals surface area contributed by atoms with Crippen LogP contribution >= 0.6 is 0 Å². The third kappa shape index (κ3) is 1.99. The molecule has 27 heavy (non-hydrogen) atoms. The summed E-state index contributed by atoms with van der Waals surface area (Å²) < 4.78 is 16.4. The molecule has 0 amide bonds. The van der Waals surface area contributed by atoms with Gasteiger partial charge in [-0.1, -0.05) is 25.1 Å². The molecule has 6 heteroatoms. The van der Waals surface area contributed by atoms with Crippen molar-refractivity contribution in [2.75, 3.05) is 6.61 Å². The van der Waals surface area contributed by atoms with E-state index in [-0.39, 0.29) is 24.1 Å². The van der Waals surface area contributed by atoms with E-state index < -0.39 is 23.3 Å². The fourth-order valence-electron chi connectivity index (χ4n) is 5.95. The average Bonchev–Trinajstić information content (AvgIpc) is 2.99. The summed E-state index contributed by atoms with van der Waals surface area (Å²) in [6, 6.07) is 3.63. The topological polar surface area (TPSA) is 82.1 Å². The molecule has 6 nitrogen and oxygen atoms in total. The van der Waals surface area contributed by atoms with E-state index in [1.807, 2.05) is 6.07 Å². The minimum Gasteiger partial charge on any atom is -0.477 e. The SMILES string of the molecule is C=CCOC(=O)Oc1ccc2c3c1O[C@H]1C(=O)CC[C@@]4(O)[C@H](CCC[C@]314)C2. The second-order valence-electron chi connectivity index (χ2n) is 8.03. The smallest absolute Gasteiger partial charge is 0.477 e. The Kier molecular flexibility index (Phi) is 3.47. The van der Waals surface area contributed by atoms with Crippen molar-refractivity contribution in [2.45, 2.75) is 55.6 Å². The number of hydrogen-bond acceptors (Lipinski definition) is 6. The third-order valence-electron chi connectivity index (χ3n) is 6.93. The van der Waals surface area contributed by atoms with Crippen LogP contribution in [0.4, 0.5) is 4.79 Å². The molecule has 0 aromatic heterocycles. The van der Waals surface area contributed by atoms with E-state index in [0.717, 1.165) is 30.4 Å². The molecule has 2 bridgehead atoms. The molecule has 1 spiro atoms. The lowest BCUT2D eigenvalue weighted by Gasteiger charge is -2.59. The maximum atomic E-state index is 12.8. The average molecular weight is 370 g/mol. The summed E-state index contributed by atoms with van der Waals surface area (Å²) in [5, 5.41) is 11.7. The number of hydrogen-bond donors (Lipinski definition) is 1. The van der Waals surface area contributed by atoms with Gasteiger partial charge >= 0.3 is 6.16 Å². The molecule has 2 fully saturated rings. The van der Waals surface area contributed by atoms with Crippen molar-refractivity contribution >= 4 is 11.9 Å². The Morgan fingerprint density at radius 1 is 1.41 bits per heavy atom. The molecule has 1 aromatic carbocycles. The molecule has 1 aromatic rings. The van der Waals surface area contributed by atoms with Crippen LogP contribution in [0.1, 0.15) is 43.2 Å². The van der Waals surface area contributed by atoms with E-state index in [1.54, 1.807) is 6.07 Å². The van der Waals surface area contributed by atoms with Gasteiger partial charge < -0.3 is 19.3 Å². The highest BCUT2D eigenvalue weighted by Crippen LogP contribution is 2.66. The monoisotopic (exact) mass is 370 g/mol. The van der Waals surface area contributed by atoms with E-state index in [1.165, 1.54) is 6.08 Å². The highest BCUT2D eigenvalue weighted by Gasteiger charge is 2.71. The first kappa shape index (κ1) is 16.8. The summed E-state index contributed by atoms with van der Waals surface area (Å²) in [6.07, 6.45) is 4.07. The molecule has 2 saturated carbocycles. The van der Waals surface area contributed by atoms with Gasteiger partial charge in [0.05, 0.1) is 11.0 Å². The number of ether oxygens (including phenoxy) is 3. The molecule has 5 rings (SSSR count). The Balaban J connectivity index is 1.65. The van der Waals surface area contributed by atoms with Gasteiger partial charge in [-0.15, -0.1) is 0 Å². The molecule has 4 atom stereocenters. The summed E-state index contributed by atoms with van der Waals surface area (Å²) in [7, 11) is 0. The fourth-order valence-corrected chi connectivity index (χ4v) is 5.95. The number of carbonyl (C=O) groups excluding carboxylic acids is 2. The van der Waals surface area contributed by atoms with Crippen LogP contribution in [0, 0.1) is 5.92 Å². The summed E-state index contributed by atoms with van der Waals surface area (Å²) in [4.78, 5) is 24.7. The minimum atomic E-state index is -0.940. The first-order chi connectivity index (χ1) is 13.0. The molecule has 142 valence electrons. The lowest BCUT2D eigenvalue weighted by atomic mass is 9.46. The summed E-state index contributed by atoms with van der Waals surface area (Å²) >= 11 is 0. The lowest BCUT2D eigenvalue weighted by molar-refractivity contribution is -0.177. The number of Topliss-reactive ketones (excluding diaryl/α,β-unsaturated/α-hetero) is 1. The molecule has 0 saturated heterocycles. The van der Waals surface area contributed by atoms with Crippen molar-refractivity contribution in [1.29, 1.82) is 0 Å². The molecule has 0 radical (unpaired) electrons. The number of ketones is 1. The maximum absolute atomic E-state index is 12.8. The number of rotatable bonds is 3. The quantitative estimate of drug-likeness (QED) is 0.501. The number of carbonyl (C=O) groups is 2. The second-order valence-corrected chi connectivity index (χ2v) is 8.03. The van der Waals surface area contributed by atoms with Crippen LogP contribution in [0.2, 0.25) is 0 Å². The zero-order valence-electron chi connectivity index (χ0n) is 15.0. The van der Waals surface area contributed by atoms with Crippen LogP contribution in [-0.2, 0) is 21.4 Å². The Morgan fingerprint density at radius 2 is 2.26 bits per heavy atom. The largest absolute Gasteiger partial charge is 0.514 e. The van der Waals surface area contributed by atoms with E-state index in [2.05, 4.69) is 6.58 Å². The predicted molar refractivity (Wildman–Crippen MR) is 94.9 cm³/mol. The molecule has 4 aliphatic rings. The lowest BCUT2D eigenvalue weighted by Crippen LogP contribution is -2.69. The van der Waals surface area contributed by atoms with Crippen LogP contribution in [0.15, 0.2) is 24.8 Å². The zero-order chi connectivity index (χ0) is 18.8. The van der Waals surface area contributed by atoms with E-state index >= 15 is 0 Å². The summed E-state index contributed by atoms with van der Waals surface area (Å²) in [5.41, 5.74) is 0.291. The van der Waals surface area contributed by atoms with Crippen LogP contribution in [-0.4, -0.2) is 35.4 Å². The van der Waals surface area contributed by atoms with Gasteiger partial charge in [0.1, 0.15) is 6.61 Å². The van der Waals surface area contributed by atoms with Gasteiger partial charge in [0.25, 0.3) is 0 Å². The first-order valence-electron chi connectivity index (χ1n) is 9.55. The third-order valence-corrected chi connectivity index (χ3v) is 6.93. The molecule has 3 aliphatic carbocycles. The molecule has 1 N–H and O–H groups in total. The molecular formula is C21H22O6. The molecule has 1 heterocycles. The first-order valence-corrected chi connectivity index (χ1v) is 9.55. The van der Waals surface area contributed by atoms with Crippen molar-refractivity contribution in [3.8, 4) is 11.5 Å². The van der Waals surface area contributed by atoms with Crippen molar-refractivity contribution in [2.24, 2.45) is 5.92 Å². The van der Waals surface area contributed by atoms with Crippen molar-refractivity contribution < 1.29 is 28.9 Å². The van der Waals surface area contributed by atoms with Gasteiger partial charge in [-0.2, -0.15) is 0 Å². The Bertz CT molecular complexity index is 860. The standard InChI is InChI=1S/C21H22O6/c1-2-10-25-19(23)26-15-6-5-12-11-13-4-3-8-20-16(12)17(15)27-18(20)14(22)7-9-21(13,20)24/h2,5-6,13,18,24H,1,3-4,7-11H2/t13-,18+,20+,21-/m1/s1. The second kappa shape index (κ2) is 5.58. The fraction of sp³-hybridized carbons (Fsp3) is 0.524. The van der Waals surface area contributed by atoms with Crippen LogP contribution in [0.25, 0.3) is 0 Å². The van der Waals surface area contributed by atoms with Gasteiger partial charge in [0.2, 0.25) is 0 Å². The highest BCUT2D eigenvalue weighted by atomic mass is 16.7. The van der Waals surface area contributed by atoms with Gasteiger partial charge in [-0.05, 0) is 43.2 Å². The predicted octanol–water partition coefficient (Wildman–Crippen LogP) is 2.84. The van der Waals surface area contributed by atoms with E-state index in [0.29, 0.717) is 25.0 Å². The Labute approximate surface area is 157 Å². The van der Waals surface area contributed by atoms with Crippen LogP contribution in [0.5, 0.6) is 11.5 Å². The number of benzene rings is 1. The number of aliphatic hydroxyl groups is 1. The van der Waals surface area contributed by atoms with Crippen LogP contribution in [0.3, 0.4) is 0 Å². The van der Waals surface area contributed by atoms with Gasteiger partial charge in [-0.3, -0.25) is 4.79 Å². The highest BCUT2D eigenvalue weighted by molar-refractivity contribution is 5.90. The molecule has 1 aliphatic heterocycles. The summed E-state index contributed by atoms with van der Waals surface area (Å²) in [6.45, 7) is 3.55. The summed E-state index contributed by atoms with van der Waals surface area (Å²) in [5.74, 6) is 0.811. The maximum Gasteiger partial charge on any atom is 0.514 e. The van der Waals surface area contributed by atoms with Crippen LogP contribution < -0.4 is 9.47 Å². The Hall–Kier alpha value is -2.34. The zero-order valence-corrected chi connectivity index (χ0v) is 15.0. The van der Waals surface area contributed by atoms with Crippen molar-refractivity contribution in [3.63, 3.8) is 0 Å². The minimum absolute atomic E-state index is 0.0181. The molecule has 0 unspecified atom stereocenters.